The number of aryl methyl sites for hydroxylation is 2. The Morgan fingerprint density at radius 2 is 1.74 bits per heavy atom. The van der Waals surface area contributed by atoms with Gasteiger partial charge in [0.05, 0.1) is 33.7 Å². The average Bonchev–Trinajstić information content (AvgIpc) is 3.20. The van der Waals surface area contributed by atoms with Gasteiger partial charge in [-0.2, -0.15) is 18.3 Å². The molecule has 7 nitrogen and oxygen atoms in total. The summed E-state index contributed by atoms with van der Waals surface area (Å²) in [6.45, 7) is 3.24. The Hall–Kier alpha value is -4.80. The number of aromatic carboxylic acids is 1. The molecule has 0 aliphatic carbocycles. The summed E-state index contributed by atoms with van der Waals surface area (Å²) in [5, 5.41) is 17.2. The second kappa shape index (κ2) is 9.25. The molecule has 0 atom stereocenters. The van der Waals surface area contributed by atoms with Crippen LogP contribution in [0.2, 0.25) is 0 Å². The van der Waals surface area contributed by atoms with E-state index in [1.807, 2.05) is 0 Å². The van der Waals surface area contributed by atoms with Gasteiger partial charge in [-0.3, -0.25) is 4.98 Å². The maximum Gasteiger partial charge on any atom is 0.418 e. The van der Waals surface area contributed by atoms with Crippen molar-refractivity contribution < 1.29 is 27.5 Å². The Balaban J connectivity index is 1.83. The number of carboxylic acids is 1. The number of hydrogen-bond acceptors (Lipinski definition) is 5. The number of alkyl halides is 3. The topological polar surface area (TPSA) is 92.9 Å². The number of carboxylic acid groups (broad SMARTS) is 1. The summed E-state index contributed by atoms with van der Waals surface area (Å²) in [5.41, 5.74) is 0.445. The highest BCUT2D eigenvalue weighted by atomic mass is 19.4. The maximum atomic E-state index is 15.0. The van der Waals surface area contributed by atoms with Gasteiger partial charge in [0.15, 0.2) is 5.82 Å². The van der Waals surface area contributed by atoms with Crippen LogP contribution in [0.3, 0.4) is 0 Å². The first kappa shape index (κ1) is 24.9. The highest BCUT2D eigenvalue weighted by Crippen LogP contribution is 2.41. The van der Waals surface area contributed by atoms with Gasteiger partial charge >= 0.3 is 12.1 Å². The molecule has 0 unspecified atom stereocenters. The van der Waals surface area contributed by atoms with Gasteiger partial charge < -0.3 is 10.4 Å². The zero-order chi connectivity index (χ0) is 27.2. The molecule has 2 heterocycles. The number of anilines is 2. The minimum Gasteiger partial charge on any atom is -0.478 e. The lowest BCUT2D eigenvalue weighted by Crippen LogP contribution is -2.14. The second-order valence-corrected chi connectivity index (χ2v) is 8.55. The van der Waals surface area contributed by atoms with E-state index in [1.165, 1.54) is 42.7 Å². The lowest BCUT2D eigenvalue weighted by Gasteiger charge is -2.18. The summed E-state index contributed by atoms with van der Waals surface area (Å²) < 4.78 is 58.0. The third-order valence-corrected chi connectivity index (χ3v) is 6.06. The maximum absolute atomic E-state index is 15.0. The summed E-state index contributed by atoms with van der Waals surface area (Å²) in [4.78, 5) is 20.1. The molecule has 192 valence electrons. The number of nitrogens with zero attached hydrogens (tertiary/aromatic N) is 4. The molecule has 0 aliphatic rings. The highest BCUT2D eigenvalue weighted by molar-refractivity contribution is 5.97. The number of hydrogen-bond donors (Lipinski definition) is 2. The fourth-order valence-electron chi connectivity index (χ4n) is 4.37. The third kappa shape index (κ3) is 4.32. The molecule has 0 spiro atoms. The quantitative estimate of drug-likeness (QED) is 0.250. The van der Waals surface area contributed by atoms with Crippen LogP contribution in [0, 0.1) is 19.7 Å². The lowest BCUT2D eigenvalue weighted by molar-refractivity contribution is -0.137. The van der Waals surface area contributed by atoms with Gasteiger partial charge in [-0.05, 0) is 55.3 Å². The standard InChI is InChI=1S/C27H19F4N5O2/c1-14-6-5-7-17(26(37)38)23(14)34-25-22(16-12-19(28)24-20(13-16)32-10-11-33-24)15(2)35-36(25)21-9-4-3-8-18(21)27(29,30)31/h3-13,34H,1-2H3,(H,37,38). The van der Waals surface area contributed by atoms with Crippen LogP contribution in [-0.4, -0.2) is 30.8 Å². The van der Waals surface area contributed by atoms with Gasteiger partial charge in [0.1, 0.15) is 11.3 Å². The van der Waals surface area contributed by atoms with Crippen LogP contribution in [0.4, 0.5) is 29.1 Å². The van der Waals surface area contributed by atoms with Crippen molar-refractivity contribution in [2.24, 2.45) is 0 Å². The van der Waals surface area contributed by atoms with Crippen molar-refractivity contribution in [3.8, 4) is 16.8 Å². The number of aromatic nitrogens is 4. The fourth-order valence-corrected chi connectivity index (χ4v) is 4.37. The summed E-state index contributed by atoms with van der Waals surface area (Å²) in [5.74, 6) is -1.89. The van der Waals surface area contributed by atoms with E-state index in [9.17, 15) is 23.1 Å². The van der Waals surface area contributed by atoms with E-state index in [0.717, 1.165) is 10.7 Å². The number of nitrogens with one attached hydrogen (secondary N) is 1. The molecule has 11 heteroatoms. The van der Waals surface area contributed by atoms with Crippen molar-refractivity contribution >= 4 is 28.5 Å². The van der Waals surface area contributed by atoms with Crippen molar-refractivity contribution in [2.75, 3.05) is 5.32 Å². The van der Waals surface area contributed by atoms with E-state index in [4.69, 9.17) is 0 Å². The van der Waals surface area contributed by atoms with Crippen LogP contribution in [0.5, 0.6) is 0 Å². The Bertz CT molecular complexity index is 1710. The molecule has 0 fully saturated rings. The Kier molecular flexibility index (Phi) is 6.06. The number of fused-ring (bicyclic) bond motifs is 1. The van der Waals surface area contributed by atoms with E-state index in [-0.39, 0.29) is 50.6 Å². The van der Waals surface area contributed by atoms with Crippen molar-refractivity contribution in [2.45, 2.75) is 20.0 Å². The van der Waals surface area contributed by atoms with Crippen LogP contribution >= 0.6 is 0 Å². The number of rotatable bonds is 5. The van der Waals surface area contributed by atoms with Crippen molar-refractivity contribution in [1.29, 1.82) is 0 Å². The van der Waals surface area contributed by atoms with Crippen molar-refractivity contribution in [1.82, 2.24) is 19.7 Å². The first-order valence-electron chi connectivity index (χ1n) is 11.3. The summed E-state index contributed by atoms with van der Waals surface area (Å²) in [7, 11) is 0. The Morgan fingerprint density at radius 3 is 2.47 bits per heavy atom. The van der Waals surface area contributed by atoms with Crippen LogP contribution in [0.1, 0.15) is 27.2 Å². The molecule has 2 aromatic heterocycles. The molecule has 5 aromatic rings. The highest BCUT2D eigenvalue weighted by Gasteiger charge is 2.35. The van der Waals surface area contributed by atoms with Crippen LogP contribution in [-0.2, 0) is 6.18 Å². The molecule has 0 saturated heterocycles. The largest absolute Gasteiger partial charge is 0.478 e. The van der Waals surface area contributed by atoms with Crippen molar-refractivity contribution in [3.63, 3.8) is 0 Å². The minimum atomic E-state index is -4.70. The first-order chi connectivity index (χ1) is 18.1. The number of carbonyl (C=O) groups is 1. The van der Waals surface area contributed by atoms with Gasteiger partial charge in [0.25, 0.3) is 0 Å². The molecule has 0 aliphatic heterocycles. The Labute approximate surface area is 213 Å². The number of para-hydroxylation sites is 2. The summed E-state index contributed by atoms with van der Waals surface area (Å²) in [6, 6.07) is 12.2. The molecule has 0 radical (unpaired) electrons. The third-order valence-electron chi connectivity index (χ3n) is 6.06. The fraction of sp³-hybridized carbons (Fsp3) is 0.111. The molecular formula is C27H19F4N5O2. The lowest BCUT2D eigenvalue weighted by atomic mass is 10.0. The van der Waals surface area contributed by atoms with Crippen LogP contribution < -0.4 is 5.32 Å². The van der Waals surface area contributed by atoms with E-state index < -0.39 is 23.5 Å². The van der Waals surface area contributed by atoms with E-state index in [1.54, 1.807) is 32.0 Å². The van der Waals surface area contributed by atoms with E-state index in [2.05, 4.69) is 20.4 Å². The van der Waals surface area contributed by atoms with Crippen LogP contribution in [0.25, 0.3) is 27.8 Å². The van der Waals surface area contributed by atoms with Gasteiger partial charge in [-0.25, -0.2) is 18.9 Å². The molecule has 3 aromatic carbocycles. The molecule has 0 bridgehead atoms. The number of benzene rings is 3. The molecule has 5 rings (SSSR count). The van der Waals surface area contributed by atoms with Crippen molar-refractivity contribution in [3.05, 3.63) is 95.2 Å². The molecule has 0 amide bonds. The molecular weight excluding hydrogens is 502 g/mol. The average molecular weight is 521 g/mol. The van der Waals surface area contributed by atoms with E-state index >= 15 is 4.39 Å². The van der Waals surface area contributed by atoms with Crippen LogP contribution in [0.15, 0.2) is 67.0 Å². The monoisotopic (exact) mass is 521 g/mol. The Morgan fingerprint density at radius 1 is 1.00 bits per heavy atom. The molecule has 0 saturated carbocycles. The van der Waals surface area contributed by atoms with E-state index in [0.29, 0.717) is 5.56 Å². The van der Waals surface area contributed by atoms with Gasteiger partial charge in [-0.1, -0.05) is 24.3 Å². The smallest absolute Gasteiger partial charge is 0.418 e. The molecule has 2 N–H and O–H groups in total. The van der Waals surface area contributed by atoms with Gasteiger partial charge in [-0.15, -0.1) is 0 Å². The predicted molar refractivity (Wildman–Crippen MR) is 133 cm³/mol. The second-order valence-electron chi connectivity index (χ2n) is 8.55. The first-order valence-corrected chi connectivity index (χ1v) is 11.3. The van der Waals surface area contributed by atoms with Gasteiger partial charge in [0, 0.05) is 18.0 Å². The number of halogens is 4. The minimum absolute atomic E-state index is 0.0265. The summed E-state index contributed by atoms with van der Waals surface area (Å²) in [6.07, 6.45) is -1.96. The van der Waals surface area contributed by atoms with Gasteiger partial charge in [0.2, 0.25) is 0 Å². The molecule has 38 heavy (non-hydrogen) atoms. The predicted octanol–water partition coefficient (Wildman–Crippen LogP) is 6.70. The normalized spacial score (nSPS) is 11.6. The summed E-state index contributed by atoms with van der Waals surface area (Å²) >= 11 is 0. The zero-order valence-corrected chi connectivity index (χ0v) is 20.0. The SMILES string of the molecule is Cc1cccc(C(=O)O)c1Nc1c(-c2cc(F)c3nccnc3c2)c(C)nn1-c1ccccc1C(F)(F)F. The zero-order valence-electron chi connectivity index (χ0n) is 20.0.